The normalized spacial score (nSPS) is 11.2. The van der Waals surface area contributed by atoms with Gasteiger partial charge in [0.1, 0.15) is 0 Å². The fraction of sp³-hybridized carbons (Fsp3) is 0.538. The Morgan fingerprint density at radius 2 is 1.81 bits per heavy atom. The molecule has 0 unspecified atom stereocenters. The van der Waals surface area contributed by atoms with E-state index in [2.05, 4.69) is 37.4 Å². The maximum atomic E-state index is 9.03. The minimum Gasteiger partial charge on any atom is -0.394 e. The van der Waals surface area contributed by atoms with Crippen molar-refractivity contribution in [2.24, 2.45) is 0 Å². The van der Waals surface area contributed by atoms with Gasteiger partial charge in [0.05, 0.1) is 19.3 Å². The number of rotatable bonds is 5. The van der Waals surface area contributed by atoms with Gasteiger partial charge >= 0.3 is 0 Å². The number of hydrogen-bond donors (Lipinski definition) is 3. The zero-order chi connectivity index (χ0) is 12.1. The van der Waals surface area contributed by atoms with Gasteiger partial charge in [-0.25, -0.2) is 0 Å². The summed E-state index contributed by atoms with van der Waals surface area (Å²) in [5.41, 5.74) is 3.36. The molecule has 3 nitrogen and oxygen atoms in total. The first kappa shape index (κ1) is 13.0. The van der Waals surface area contributed by atoms with Crippen molar-refractivity contribution in [2.45, 2.75) is 32.7 Å². The highest BCUT2D eigenvalue weighted by Crippen LogP contribution is 2.22. The number of aliphatic hydroxyl groups is 2. The number of hydrogen-bond acceptors (Lipinski definition) is 3. The molecule has 0 aliphatic carbocycles. The molecule has 0 radical (unpaired) electrons. The molecule has 3 heteroatoms. The Kier molecular flexibility index (Phi) is 4.77. The molecule has 0 amide bonds. The molecule has 0 bridgehead atoms. The van der Waals surface area contributed by atoms with Crippen LogP contribution in [0, 0.1) is 6.92 Å². The molecule has 3 N–H and O–H groups in total. The Balaban J connectivity index is 2.89. The van der Waals surface area contributed by atoms with Crippen molar-refractivity contribution >= 4 is 5.69 Å². The van der Waals surface area contributed by atoms with Crippen molar-refractivity contribution in [3.05, 3.63) is 29.3 Å². The van der Waals surface area contributed by atoms with Crippen LogP contribution in [0.3, 0.4) is 0 Å². The summed E-state index contributed by atoms with van der Waals surface area (Å²) < 4.78 is 0. The molecule has 0 heterocycles. The summed E-state index contributed by atoms with van der Waals surface area (Å²) in [4.78, 5) is 0. The van der Waals surface area contributed by atoms with E-state index in [9.17, 15) is 0 Å². The van der Waals surface area contributed by atoms with E-state index in [0.717, 1.165) is 11.3 Å². The first-order valence-corrected chi connectivity index (χ1v) is 5.67. The van der Waals surface area contributed by atoms with Crippen LogP contribution in [0.25, 0.3) is 0 Å². The van der Waals surface area contributed by atoms with Gasteiger partial charge in [-0.15, -0.1) is 0 Å². The number of anilines is 1. The molecular weight excluding hydrogens is 202 g/mol. The third kappa shape index (κ3) is 3.22. The van der Waals surface area contributed by atoms with E-state index in [4.69, 9.17) is 10.2 Å². The van der Waals surface area contributed by atoms with Crippen LogP contribution in [0.2, 0.25) is 0 Å². The van der Waals surface area contributed by atoms with E-state index in [1.807, 2.05) is 6.92 Å². The largest absolute Gasteiger partial charge is 0.394 e. The molecule has 0 spiro atoms. The summed E-state index contributed by atoms with van der Waals surface area (Å²) in [6.07, 6.45) is 0. The van der Waals surface area contributed by atoms with Crippen LogP contribution in [0.1, 0.15) is 30.9 Å². The Morgan fingerprint density at radius 3 is 2.31 bits per heavy atom. The van der Waals surface area contributed by atoms with Crippen LogP contribution < -0.4 is 5.32 Å². The van der Waals surface area contributed by atoms with E-state index in [1.54, 1.807) is 0 Å². The molecule has 1 aromatic rings. The highest BCUT2D eigenvalue weighted by molar-refractivity contribution is 5.53. The van der Waals surface area contributed by atoms with Gasteiger partial charge in [0, 0.05) is 5.69 Å². The molecule has 0 aromatic heterocycles. The standard InChI is InChI=1S/C13H21NO2/c1-9(2)11-5-4-10(3)13(6-11)14-12(7-15)8-16/h4-6,9,12,14-16H,7-8H2,1-3H3. The van der Waals surface area contributed by atoms with Gasteiger partial charge in [-0.3, -0.25) is 0 Å². The van der Waals surface area contributed by atoms with Crippen molar-refractivity contribution in [2.75, 3.05) is 18.5 Å². The van der Waals surface area contributed by atoms with Gasteiger partial charge in [-0.2, -0.15) is 0 Å². The Bertz CT molecular complexity index is 333. The van der Waals surface area contributed by atoms with Crippen molar-refractivity contribution in [1.82, 2.24) is 0 Å². The molecule has 1 aromatic carbocycles. The quantitative estimate of drug-likeness (QED) is 0.714. The lowest BCUT2D eigenvalue weighted by atomic mass is 10.0. The minimum absolute atomic E-state index is 0.0676. The molecular formula is C13H21NO2. The van der Waals surface area contributed by atoms with E-state index < -0.39 is 0 Å². The third-order valence-corrected chi connectivity index (χ3v) is 2.73. The van der Waals surface area contributed by atoms with Crippen molar-refractivity contribution in [3.63, 3.8) is 0 Å². The summed E-state index contributed by atoms with van der Waals surface area (Å²) in [5.74, 6) is 0.475. The van der Waals surface area contributed by atoms with E-state index in [-0.39, 0.29) is 19.3 Å². The smallest absolute Gasteiger partial charge is 0.0723 e. The van der Waals surface area contributed by atoms with Crippen LogP contribution in [-0.2, 0) is 0 Å². The van der Waals surface area contributed by atoms with Gasteiger partial charge in [0.25, 0.3) is 0 Å². The van der Waals surface area contributed by atoms with Gasteiger partial charge < -0.3 is 15.5 Å². The highest BCUT2D eigenvalue weighted by Gasteiger charge is 2.08. The summed E-state index contributed by atoms with van der Waals surface area (Å²) in [6, 6.07) is 5.96. The summed E-state index contributed by atoms with van der Waals surface area (Å²) in [7, 11) is 0. The summed E-state index contributed by atoms with van der Waals surface area (Å²) in [5, 5.41) is 21.2. The predicted molar refractivity (Wildman–Crippen MR) is 66.9 cm³/mol. The minimum atomic E-state index is -0.291. The average molecular weight is 223 g/mol. The van der Waals surface area contributed by atoms with Crippen LogP contribution in [-0.4, -0.2) is 29.5 Å². The van der Waals surface area contributed by atoms with Gasteiger partial charge in [0.2, 0.25) is 0 Å². The fourth-order valence-corrected chi connectivity index (χ4v) is 1.52. The van der Waals surface area contributed by atoms with Crippen LogP contribution >= 0.6 is 0 Å². The molecule has 0 fully saturated rings. The first-order chi connectivity index (χ1) is 7.58. The molecule has 0 saturated carbocycles. The molecule has 0 aliphatic heterocycles. The van der Waals surface area contributed by atoms with Gasteiger partial charge in [0.15, 0.2) is 0 Å². The lowest BCUT2D eigenvalue weighted by Crippen LogP contribution is -2.28. The van der Waals surface area contributed by atoms with Crippen molar-refractivity contribution in [1.29, 1.82) is 0 Å². The van der Waals surface area contributed by atoms with Gasteiger partial charge in [-0.1, -0.05) is 26.0 Å². The van der Waals surface area contributed by atoms with Crippen LogP contribution in [0.15, 0.2) is 18.2 Å². The zero-order valence-electron chi connectivity index (χ0n) is 10.2. The maximum absolute atomic E-state index is 9.03. The summed E-state index contributed by atoms with van der Waals surface area (Å²) >= 11 is 0. The van der Waals surface area contributed by atoms with Crippen molar-refractivity contribution in [3.8, 4) is 0 Å². The SMILES string of the molecule is Cc1ccc(C(C)C)cc1NC(CO)CO. The predicted octanol–water partition coefficient (Wildman–Crippen LogP) is 1.88. The van der Waals surface area contributed by atoms with Gasteiger partial charge in [-0.05, 0) is 30.0 Å². The fourth-order valence-electron chi connectivity index (χ4n) is 1.52. The van der Waals surface area contributed by atoms with Crippen molar-refractivity contribution < 1.29 is 10.2 Å². The maximum Gasteiger partial charge on any atom is 0.0723 e. The zero-order valence-corrected chi connectivity index (χ0v) is 10.2. The van der Waals surface area contributed by atoms with Crippen LogP contribution in [0.5, 0.6) is 0 Å². The Morgan fingerprint density at radius 1 is 1.19 bits per heavy atom. The lowest BCUT2D eigenvalue weighted by molar-refractivity contribution is 0.204. The number of benzene rings is 1. The molecule has 1 rings (SSSR count). The number of aryl methyl sites for hydroxylation is 1. The second kappa shape index (κ2) is 5.87. The molecule has 90 valence electrons. The lowest BCUT2D eigenvalue weighted by Gasteiger charge is -2.18. The van der Waals surface area contributed by atoms with E-state index in [1.165, 1.54) is 5.56 Å². The molecule has 16 heavy (non-hydrogen) atoms. The second-order valence-electron chi connectivity index (χ2n) is 4.44. The monoisotopic (exact) mass is 223 g/mol. The topological polar surface area (TPSA) is 52.5 Å². The third-order valence-electron chi connectivity index (χ3n) is 2.73. The molecule has 0 saturated heterocycles. The molecule has 0 atom stereocenters. The summed E-state index contributed by atoms with van der Waals surface area (Å²) in [6.45, 7) is 6.16. The Hall–Kier alpha value is -1.06. The first-order valence-electron chi connectivity index (χ1n) is 5.67. The van der Waals surface area contributed by atoms with E-state index >= 15 is 0 Å². The average Bonchev–Trinajstić information content (AvgIpc) is 2.27. The highest BCUT2D eigenvalue weighted by atomic mass is 16.3. The van der Waals surface area contributed by atoms with Crippen LogP contribution in [0.4, 0.5) is 5.69 Å². The van der Waals surface area contributed by atoms with E-state index in [0.29, 0.717) is 5.92 Å². The number of aliphatic hydroxyl groups excluding tert-OH is 2. The number of nitrogens with one attached hydrogen (secondary N) is 1. The molecule has 0 aliphatic rings. The second-order valence-corrected chi connectivity index (χ2v) is 4.44. The Labute approximate surface area is 97.1 Å².